The highest BCUT2D eigenvalue weighted by molar-refractivity contribution is 7.12. The molecule has 3 rings (SSSR count). The van der Waals surface area contributed by atoms with Gasteiger partial charge in [-0.15, -0.1) is 11.3 Å². The summed E-state index contributed by atoms with van der Waals surface area (Å²) >= 11 is 1.52. The standard InChI is InChI=1S/C17H16N2O4S/c1-21-12-8-10(9-13(22-2)15(12)23-3)7-11-17(20)19-16(18-11)14-5-4-6-24-14/h4-9H,1-3H3,(H,18,19,20)/b11-7+. The lowest BCUT2D eigenvalue weighted by Crippen LogP contribution is -2.23. The van der Waals surface area contributed by atoms with E-state index in [1.807, 2.05) is 17.5 Å². The van der Waals surface area contributed by atoms with Gasteiger partial charge in [0.1, 0.15) is 5.70 Å². The van der Waals surface area contributed by atoms with Gasteiger partial charge in [0.15, 0.2) is 17.3 Å². The van der Waals surface area contributed by atoms with Gasteiger partial charge in [0, 0.05) is 0 Å². The summed E-state index contributed by atoms with van der Waals surface area (Å²) in [4.78, 5) is 17.4. The second-order valence-electron chi connectivity index (χ2n) is 4.88. The zero-order chi connectivity index (χ0) is 17.1. The number of benzene rings is 1. The Balaban J connectivity index is 2.00. The van der Waals surface area contributed by atoms with Crippen molar-refractivity contribution in [3.05, 3.63) is 45.8 Å². The van der Waals surface area contributed by atoms with E-state index in [9.17, 15) is 4.79 Å². The molecular weight excluding hydrogens is 328 g/mol. The summed E-state index contributed by atoms with van der Waals surface area (Å²) in [6.07, 6.45) is 1.68. The Morgan fingerprint density at radius 2 is 1.83 bits per heavy atom. The molecule has 0 spiro atoms. The zero-order valence-corrected chi connectivity index (χ0v) is 14.3. The number of carbonyl (C=O) groups excluding carboxylic acids is 1. The van der Waals surface area contributed by atoms with Crippen LogP contribution in [0.25, 0.3) is 6.08 Å². The van der Waals surface area contributed by atoms with E-state index >= 15 is 0 Å². The number of amides is 1. The number of ether oxygens (including phenoxy) is 3. The van der Waals surface area contributed by atoms with Gasteiger partial charge in [-0.05, 0) is 35.2 Å². The molecule has 1 aliphatic heterocycles. The molecule has 0 atom stereocenters. The maximum Gasteiger partial charge on any atom is 0.275 e. The molecule has 0 radical (unpaired) electrons. The van der Waals surface area contributed by atoms with Gasteiger partial charge in [-0.25, -0.2) is 4.99 Å². The Hall–Kier alpha value is -2.80. The van der Waals surface area contributed by atoms with Crippen LogP contribution in [0.3, 0.4) is 0 Å². The van der Waals surface area contributed by atoms with E-state index in [0.717, 1.165) is 10.4 Å². The van der Waals surface area contributed by atoms with Crippen molar-refractivity contribution in [1.29, 1.82) is 0 Å². The van der Waals surface area contributed by atoms with Crippen molar-refractivity contribution >= 4 is 29.2 Å². The van der Waals surface area contributed by atoms with E-state index in [0.29, 0.717) is 28.8 Å². The summed E-state index contributed by atoms with van der Waals surface area (Å²) < 4.78 is 15.9. The van der Waals surface area contributed by atoms with E-state index in [1.165, 1.54) is 11.3 Å². The lowest BCUT2D eigenvalue weighted by Gasteiger charge is -2.12. The van der Waals surface area contributed by atoms with Gasteiger partial charge in [-0.3, -0.25) is 4.79 Å². The average Bonchev–Trinajstić information content (AvgIpc) is 3.24. The van der Waals surface area contributed by atoms with E-state index in [1.54, 1.807) is 39.5 Å². The van der Waals surface area contributed by atoms with Gasteiger partial charge in [-0.1, -0.05) is 6.07 Å². The van der Waals surface area contributed by atoms with Crippen LogP contribution in [0.5, 0.6) is 17.2 Å². The largest absolute Gasteiger partial charge is 0.493 e. The number of thiophene rings is 1. The number of hydrogen-bond donors (Lipinski definition) is 1. The van der Waals surface area contributed by atoms with Crippen molar-refractivity contribution in [2.45, 2.75) is 0 Å². The number of nitrogens with zero attached hydrogens (tertiary/aromatic N) is 1. The topological polar surface area (TPSA) is 69.2 Å². The van der Waals surface area contributed by atoms with Crippen molar-refractivity contribution in [3.63, 3.8) is 0 Å². The summed E-state index contributed by atoms with van der Waals surface area (Å²) in [5.41, 5.74) is 1.05. The Labute approximate surface area is 143 Å². The molecule has 6 nitrogen and oxygen atoms in total. The third-order valence-corrected chi connectivity index (χ3v) is 4.32. The smallest absolute Gasteiger partial charge is 0.275 e. The highest BCUT2D eigenvalue weighted by atomic mass is 32.1. The number of hydrogen-bond acceptors (Lipinski definition) is 6. The molecule has 7 heteroatoms. The highest BCUT2D eigenvalue weighted by Gasteiger charge is 2.22. The van der Waals surface area contributed by atoms with Gasteiger partial charge in [0.25, 0.3) is 5.91 Å². The fraction of sp³-hybridized carbons (Fsp3) is 0.176. The Morgan fingerprint density at radius 3 is 2.38 bits per heavy atom. The molecule has 0 bridgehead atoms. The second-order valence-corrected chi connectivity index (χ2v) is 5.83. The average molecular weight is 344 g/mol. The van der Waals surface area contributed by atoms with Crippen LogP contribution in [-0.2, 0) is 4.79 Å². The normalized spacial score (nSPS) is 15.2. The summed E-state index contributed by atoms with van der Waals surface area (Å²) in [6, 6.07) is 7.35. The predicted octanol–water partition coefficient (Wildman–Crippen LogP) is 2.69. The van der Waals surface area contributed by atoms with Crippen molar-refractivity contribution in [3.8, 4) is 17.2 Å². The first-order valence-corrected chi connectivity index (χ1v) is 8.00. The number of rotatable bonds is 5. The minimum Gasteiger partial charge on any atom is -0.493 e. The maximum absolute atomic E-state index is 12.1. The molecule has 0 saturated heterocycles. The molecule has 1 aromatic heterocycles. The fourth-order valence-corrected chi connectivity index (χ4v) is 3.01. The number of methoxy groups -OCH3 is 3. The molecule has 1 aromatic carbocycles. The molecule has 0 fully saturated rings. The molecule has 0 aliphatic carbocycles. The van der Waals surface area contributed by atoms with Gasteiger partial charge >= 0.3 is 0 Å². The summed E-state index contributed by atoms with van der Waals surface area (Å²) in [5.74, 6) is 1.86. The minimum absolute atomic E-state index is 0.243. The van der Waals surface area contributed by atoms with Gasteiger partial charge in [0.05, 0.1) is 26.2 Å². The Bertz CT molecular complexity index is 800. The predicted molar refractivity (Wildman–Crippen MR) is 93.1 cm³/mol. The van der Waals surface area contributed by atoms with Crippen molar-refractivity contribution in [2.75, 3.05) is 21.3 Å². The number of aliphatic imine (C=N–C) groups is 1. The van der Waals surface area contributed by atoms with Crippen LogP contribution in [0.2, 0.25) is 0 Å². The van der Waals surface area contributed by atoms with E-state index < -0.39 is 0 Å². The van der Waals surface area contributed by atoms with Crippen LogP contribution < -0.4 is 19.5 Å². The quantitative estimate of drug-likeness (QED) is 0.847. The van der Waals surface area contributed by atoms with Crippen LogP contribution in [0.4, 0.5) is 0 Å². The van der Waals surface area contributed by atoms with Crippen LogP contribution >= 0.6 is 11.3 Å². The van der Waals surface area contributed by atoms with Crippen LogP contribution in [0.1, 0.15) is 10.4 Å². The van der Waals surface area contributed by atoms with Crippen LogP contribution in [0, 0.1) is 0 Å². The molecule has 24 heavy (non-hydrogen) atoms. The molecule has 124 valence electrons. The van der Waals surface area contributed by atoms with E-state index in [4.69, 9.17) is 14.2 Å². The fourth-order valence-electron chi connectivity index (χ4n) is 2.34. The number of carbonyl (C=O) groups is 1. The number of nitrogens with one attached hydrogen (secondary N) is 1. The molecule has 1 amide bonds. The van der Waals surface area contributed by atoms with Crippen molar-refractivity contribution < 1.29 is 19.0 Å². The van der Waals surface area contributed by atoms with Gasteiger partial charge in [-0.2, -0.15) is 0 Å². The molecule has 2 heterocycles. The second kappa shape index (κ2) is 6.76. The maximum atomic E-state index is 12.1. The Kier molecular flexibility index (Phi) is 4.52. The molecule has 2 aromatic rings. The SMILES string of the molecule is COc1cc(/C=C2/N=C(c3cccs3)NC2=O)cc(OC)c1OC. The number of amidine groups is 1. The third-order valence-electron chi connectivity index (χ3n) is 3.44. The zero-order valence-electron chi connectivity index (χ0n) is 13.5. The highest BCUT2D eigenvalue weighted by Crippen LogP contribution is 2.38. The monoisotopic (exact) mass is 344 g/mol. The van der Waals surface area contributed by atoms with Crippen molar-refractivity contribution in [2.24, 2.45) is 4.99 Å². The van der Waals surface area contributed by atoms with Gasteiger partial charge in [0.2, 0.25) is 5.75 Å². The Morgan fingerprint density at radius 1 is 1.12 bits per heavy atom. The summed E-state index contributed by atoms with van der Waals surface area (Å²) in [7, 11) is 4.63. The van der Waals surface area contributed by atoms with Crippen LogP contribution in [-0.4, -0.2) is 33.1 Å². The molecular formula is C17H16N2O4S. The minimum atomic E-state index is -0.243. The molecule has 0 unspecified atom stereocenters. The third kappa shape index (κ3) is 2.98. The molecule has 0 saturated carbocycles. The van der Waals surface area contributed by atoms with E-state index in [-0.39, 0.29) is 5.91 Å². The molecule has 1 N–H and O–H groups in total. The first-order valence-electron chi connectivity index (χ1n) is 7.12. The first kappa shape index (κ1) is 16.1. The summed E-state index contributed by atoms with van der Waals surface area (Å²) in [6.45, 7) is 0. The first-order chi connectivity index (χ1) is 11.7. The van der Waals surface area contributed by atoms with Gasteiger partial charge < -0.3 is 19.5 Å². The lowest BCUT2D eigenvalue weighted by atomic mass is 10.1. The summed E-state index contributed by atoms with van der Waals surface area (Å²) in [5, 5.41) is 4.71. The van der Waals surface area contributed by atoms with Crippen LogP contribution in [0.15, 0.2) is 40.3 Å². The molecule has 1 aliphatic rings. The lowest BCUT2D eigenvalue weighted by molar-refractivity contribution is -0.115. The van der Waals surface area contributed by atoms with Crippen molar-refractivity contribution in [1.82, 2.24) is 5.32 Å². The van der Waals surface area contributed by atoms with E-state index in [2.05, 4.69) is 10.3 Å².